The smallest absolute Gasteiger partial charge is 0.325 e. The molecule has 1 fully saturated rings. The number of hydrogen-bond donors (Lipinski definition) is 3. The Balaban J connectivity index is 2.15. The lowest BCUT2D eigenvalue weighted by molar-refractivity contribution is -0.154. The fourth-order valence-electron chi connectivity index (χ4n) is 2.53. The zero-order chi connectivity index (χ0) is 18.9. The van der Waals surface area contributed by atoms with Crippen LogP contribution in [0.25, 0.3) is 0 Å². The first-order chi connectivity index (χ1) is 11.7. The van der Waals surface area contributed by atoms with Crippen molar-refractivity contribution in [2.75, 3.05) is 19.6 Å². The average molecular weight is 355 g/mol. The first-order valence-electron chi connectivity index (χ1n) is 8.70. The first-order valence-corrected chi connectivity index (χ1v) is 8.70. The van der Waals surface area contributed by atoms with Gasteiger partial charge >= 0.3 is 5.97 Å². The molecular formula is C17H29N3O5. The van der Waals surface area contributed by atoms with Crippen LogP contribution in [-0.4, -0.2) is 48.9 Å². The molecule has 1 aliphatic carbocycles. The molecule has 0 atom stereocenters. The minimum Gasteiger partial charge on any atom is -0.459 e. The van der Waals surface area contributed by atoms with Crippen molar-refractivity contribution < 1.29 is 23.9 Å². The van der Waals surface area contributed by atoms with Gasteiger partial charge in [0.2, 0.25) is 17.7 Å². The van der Waals surface area contributed by atoms with Crippen LogP contribution >= 0.6 is 0 Å². The Bertz CT molecular complexity index is 493. The SMILES string of the molecule is CC(C)(C)OC(=O)CNC(=O)CNC(=O)CNC(=O)C1CCCCC1. The van der Waals surface area contributed by atoms with E-state index in [9.17, 15) is 19.2 Å². The van der Waals surface area contributed by atoms with Gasteiger partial charge in [0.1, 0.15) is 12.1 Å². The van der Waals surface area contributed by atoms with E-state index in [2.05, 4.69) is 16.0 Å². The van der Waals surface area contributed by atoms with Gasteiger partial charge in [0.05, 0.1) is 13.1 Å². The summed E-state index contributed by atoms with van der Waals surface area (Å²) in [5.41, 5.74) is -0.618. The number of amides is 3. The molecular weight excluding hydrogens is 326 g/mol. The second kappa shape index (κ2) is 10.0. The van der Waals surface area contributed by atoms with Gasteiger partial charge < -0.3 is 20.7 Å². The molecule has 0 aliphatic heterocycles. The molecule has 0 unspecified atom stereocenters. The van der Waals surface area contributed by atoms with E-state index in [4.69, 9.17) is 4.74 Å². The Kier molecular flexibility index (Phi) is 8.37. The molecule has 142 valence electrons. The predicted molar refractivity (Wildman–Crippen MR) is 91.4 cm³/mol. The number of hydrogen-bond acceptors (Lipinski definition) is 5. The van der Waals surface area contributed by atoms with E-state index in [1.54, 1.807) is 20.8 Å². The van der Waals surface area contributed by atoms with Gasteiger partial charge in [0.15, 0.2) is 0 Å². The Morgan fingerprint density at radius 1 is 0.840 bits per heavy atom. The maximum Gasteiger partial charge on any atom is 0.325 e. The van der Waals surface area contributed by atoms with Gasteiger partial charge in [-0.15, -0.1) is 0 Å². The van der Waals surface area contributed by atoms with Crippen molar-refractivity contribution in [2.24, 2.45) is 5.92 Å². The highest BCUT2D eigenvalue weighted by molar-refractivity contribution is 5.89. The van der Waals surface area contributed by atoms with Crippen LogP contribution in [-0.2, 0) is 23.9 Å². The highest BCUT2D eigenvalue weighted by Crippen LogP contribution is 2.23. The van der Waals surface area contributed by atoms with E-state index in [1.807, 2.05) is 0 Å². The molecule has 25 heavy (non-hydrogen) atoms. The molecule has 1 rings (SSSR count). The van der Waals surface area contributed by atoms with Crippen LogP contribution in [0.15, 0.2) is 0 Å². The van der Waals surface area contributed by atoms with Crippen molar-refractivity contribution in [3.63, 3.8) is 0 Å². The van der Waals surface area contributed by atoms with Crippen LogP contribution in [0.2, 0.25) is 0 Å². The van der Waals surface area contributed by atoms with E-state index in [0.29, 0.717) is 0 Å². The van der Waals surface area contributed by atoms with Gasteiger partial charge in [-0.25, -0.2) is 0 Å². The van der Waals surface area contributed by atoms with Crippen LogP contribution in [0, 0.1) is 5.92 Å². The summed E-state index contributed by atoms with van der Waals surface area (Å²) in [6, 6.07) is 0. The number of rotatable bonds is 7. The van der Waals surface area contributed by atoms with Crippen LogP contribution in [0.3, 0.4) is 0 Å². The van der Waals surface area contributed by atoms with E-state index in [-0.39, 0.29) is 31.5 Å². The largest absolute Gasteiger partial charge is 0.459 e. The fraction of sp³-hybridized carbons (Fsp3) is 0.765. The molecule has 0 radical (unpaired) electrons. The molecule has 1 saturated carbocycles. The van der Waals surface area contributed by atoms with Crippen molar-refractivity contribution in [1.29, 1.82) is 0 Å². The Morgan fingerprint density at radius 2 is 1.36 bits per heavy atom. The molecule has 0 heterocycles. The molecule has 1 aliphatic rings. The third-order valence-corrected chi connectivity index (χ3v) is 3.70. The quantitative estimate of drug-likeness (QED) is 0.567. The summed E-state index contributed by atoms with van der Waals surface area (Å²) >= 11 is 0. The maximum absolute atomic E-state index is 11.9. The third-order valence-electron chi connectivity index (χ3n) is 3.70. The van der Waals surface area contributed by atoms with Gasteiger partial charge in [0.25, 0.3) is 0 Å². The van der Waals surface area contributed by atoms with Gasteiger partial charge in [0, 0.05) is 5.92 Å². The highest BCUT2D eigenvalue weighted by atomic mass is 16.6. The van der Waals surface area contributed by atoms with E-state index < -0.39 is 23.4 Å². The molecule has 0 spiro atoms. The van der Waals surface area contributed by atoms with Crippen LogP contribution < -0.4 is 16.0 Å². The van der Waals surface area contributed by atoms with Crippen LogP contribution in [0.1, 0.15) is 52.9 Å². The minimum absolute atomic E-state index is 0.0151. The molecule has 0 aromatic rings. The fourth-order valence-corrected chi connectivity index (χ4v) is 2.53. The van der Waals surface area contributed by atoms with Crippen molar-refractivity contribution in [3.8, 4) is 0 Å². The second-order valence-electron chi connectivity index (χ2n) is 7.19. The summed E-state index contributed by atoms with van der Waals surface area (Å²) in [6.07, 6.45) is 4.97. The van der Waals surface area contributed by atoms with E-state index in [1.165, 1.54) is 0 Å². The van der Waals surface area contributed by atoms with Gasteiger partial charge in [-0.3, -0.25) is 19.2 Å². The maximum atomic E-state index is 11.9. The predicted octanol–water partition coefficient (Wildman–Crippen LogP) is 0.257. The van der Waals surface area contributed by atoms with Gasteiger partial charge in [-0.05, 0) is 33.6 Å². The molecule has 0 aromatic heterocycles. The summed E-state index contributed by atoms with van der Waals surface area (Å²) in [7, 11) is 0. The normalized spacial score (nSPS) is 15.2. The summed E-state index contributed by atoms with van der Waals surface area (Å²) in [6.45, 7) is 4.51. The number of esters is 1. The molecule has 0 bridgehead atoms. The number of nitrogens with one attached hydrogen (secondary N) is 3. The van der Waals surface area contributed by atoms with Gasteiger partial charge in [-0.1, -0.05) is 19.3 Å². The van der Waals surface area contributed by atoms with Crippen molar-refractivity contribution in [2.45, 2.75) is 58.5 Å². The lowest BCUT2D eigenvalue weighted by Crippen LogP contribution is -2.44. The topological polar surface area (TPSA) is 114 Å². The van der Waals surface area contributed by atoms with Crippen molar-refractivity contribution in [1.82, 2.24) is 16.0 Å². The lowest BCUT2D eigenvalue weighted by Gasteiger charge is -2.20. The molecule has 0 aromatic carbocycles. The number of carbonyl (C=O) groups excluding carboxylic acids is 4. The zero-order valence-corrected chi connectivity index (χ0v) is 15.3. The first kappa shape index (κ1) is 20.9. The lowest BCUT2D eigenvalue weighted by atomic mass is 9.89. The van der Waals surface area contributed by atoms with Gasteiger partial charge in [-0.2, -0.15) is 0 Å². The molecule has 8 heteroatoms. The van der Waals surface area contributed by atoms with Crippen LogP contribution in [0.5, 0.6) is 0 Å². The third kappa shape index (κ3) is 9.69. The Labute approximate surface area is 148 Å². The number of ether oxygens (including phenoxy) is 1. The van der Waals surface area contributed by atoms with Crippen molar-refractivity contribution in [3.05, 3.63) is 0 Å². The zero-order valence-electron chi connectivity index (χ0n) is 15.3. The standard InChI is InChI=1S/C17H29N3O5/c1-17(2,3)25-15(23)11-19-13(21)9-18-14(22)10-20-16(24)12-7-5-4-6-8-12/h12H,4-11H2,1-3H3,(H,18,22)(H,19,21)(H,20,24). The minimum atomic E-state index is -0.618. The Morgan fingerprint density at radius 3 is 1.92 bits per heavy atom. The summed E-state index contributed by atoms with van der Waals surface area (Å²) in [5.74, 6) is -1.62. The monoisotopic (exact) mass is 355 g/mol. The Hall–Kier alpha value is -2.12. The molecule has 3 N–H and O–H groups in total. The van der Waals surface area contributed by atoms with Crippen LogP contribution in [0.4, 0.5) is 0 Å². The van der Waals surface area contributed by atoms with E-state index in [0.717, 1.165) is 32.1 Å². The molecule has 3 amide bonds. The second-order valence-corrected chi connectivity index (χ2v) is 7.19. The summed E-state index contributed by atoms with van der Waals surface area (Å²) in [4.78, 5) is 46.6. The van der Waals surface area contributed by atoms with Crippen molar-refractivity contribution >= 4 is 23.7 Å². The molecule has 8 nitrogen and oxygen atoms in total. The summed E-state index contributed by atoms with van der Waals surface area (Å²) in [5, 5.41) is 7.35. The van der Waals surface area contributed by atoms with E-state index >= 15 is 0 Å². The summed E-state index contributed by atoms with van der Waals surface area (Å²) < 4.78 is 5.05. The average Bonchev–Trinajstić information content (AvgIpc) is 2.55. The highest BCUT2D eigenvalue weighted by Gasteiger charge is 2.21. The molecule has 0 saturated heterocycles. The number of carbonyl (C=O) groups is 4.